The van der Waals surface area contributed by atoms with Crippen LogP contribution < -0.4 is 14.5 Å². The molecule has 78 heavy (non-hydrogen) atoms. The first-order valence-corrected chi connectivity index (χ1v) is 26.9. The first-order chi connectivity index (χ1) is 40.4. The van der Waals surface area contributed by atoms with Gasteiger partial charge in [0.05, 0.1) is 33.6 Å². The lowest BCUT2D eigenvalue weighted by Gasteiger charge is -2.31. The summed E-state index contributed by atoms with van der Waals surface area (Å²) in [6.07, 6.45) is 1.58. The second-order valence-electron chi connectivity index (χ2n) is 23.6. The summed E-state index contributed by atoms with van der Waals surface area (Å²) in [5.41, 5.74) is 15.2. The van der Waals surface area contributed by atoms with E-state index in [-0.39, 0.29) is 22.4 Å². The second-order valence-corrected chi connectivity index (χ2v) is 23.6. The highest BCUT2D eigenvalue weighted by molar-refractivity contribution is 6.09. The van der Waals surface area contributed by atoms with Crippen molar-refractivity contribution in [2.45, 2.75) is 85.4 Å². The molecular formula is C73H68N4O. The molecule has 3 heterocycles. The Balaban J connectivity index is 0.946. The smallest absolute Gasteiger partial charge is 0.137 e. The Morgan fingerprint density at radius 1 is 0.487 bits per heavy atom. The topological polar surface area (TPSA) is 33.5 Å². The lowest BCUT2D eigenvalue weighted by Crippen LogP contribution is -2.25. The van der Waals surface area contributed by atoms with Gasteiger partial charge in [0.2, 0.25) is 0 Å². The van der Waals surface area contributed by atoms with Crippen molar-refractivity contribution in [1.82, 2.24) is 9.55 Å². The minimum Gasteiger partial charge on any atom is -0.457 e. The Hall–Kier alpha value is -8.67. The first kappa shape index (κ1) is 42.4. The summed E-state index contributed by atoms with van der Waals surface area (Å²) in [6.45, 7) is 17.5. The molecule has 11 aromatic rings. The summed E-state index contributed by atoms with van der Waals surface area (Å²) in [4.78, 5) is 9.85. The van der Waals surface area contributed by atoms with Gasteiger partial charge in [-0.15, -0.1) is 0 Å². The van der Waals surface area contributed by atoms with Crippen LogP contribution >= 0.6 is 0 Å². The van der Waals surface area contributed by atoms with Crippen LogP contribution in [0.3, 0.4) is 0 Å². The average molecular weight is 1020 g/mol. The standard InChI is InChI=1S/C73H68N4O/c1-48-21-18-24-52(41-48)62-46-74-69(45-64(62)73(8,9)10)77-65-30-15-14-27-58(65)59-39-38-56(44-68(59)77)78-55-26-19-25-54(43-55)75-47-76(67-32-17-16-31-66(67)75)70-57(51-35-33-50(34-36-51)49-22-12-11-13-23-49)28-20-29-60(70)61-42-53(71(2,3)4)37-40-63(61)72(5,6)7/h11-46H,47H2,1-10H3/i1D3,18D,21D,24D,41D. The predicted molar refractivity (Wildman–Crippen MR) is 330 cm³/mol. The zero-order valence-electron chi connectivity index (χ0n) is 52.9. The fraction of sp³-hybridized carbons (Fsp3) is 0.192. The fourth-order valence-electron chi connectivity index (χ4n) is 11.2. The zero-order valence-corrected chi connectivity index (χ0v) is 45.9. The van der Waals surface area contributed by atoms with Crippen molar-refractivity contribution in [1.29, 1.82) is 0 Å². The third kappa shape index (κ3) is 9.31. The van der Waals surface area contributed by atoms with Gasteiger partial charge in [-0.1, -0.05) is 219 Å². The molecule has 5 nitrogen and oxygen atoms in total. The summed E-state index contributed by atoms with van der Waals surface area (Å²) >= 11 is 0. The molecular weight excluding hydrogens is 949 g/mol. The Morgan fingerprint density at radius 2 is 1.15 bits per heavy atom. The van der Waals surface area contributed by atoms with Gasteiger partial charge in [-0.2, -0.15) is 0 Å². The van der Waals surface area contributed by atoms with Gasteiger partial charge in [-0.05, 0) is 116 Å². The van der Waals surface area contributed by atoms with Crippen LogP contribution in [-0.4, -0.2) is 16.2 Å². The van der Waals surface area contributed by atoms with E-state index < -0.39 is 36.0 Å². The number of hydrogen-bond donors (Lipinski definition) is 0. The summed E-state index contributed by atoms with van der Waals surface area (Å²) in [6, 6.07) is 64.4. The first-order valence-electron chi connectivity index (χ1n) is 30.4. The molecule has 1 aliphatic rings. The quantitative estimate of drug-likeness (QED) is 0.144. The van der Waals surface area contributed by atoms with Gasteiger partial charge < -0.3 is 14.5 Å². The van der Waals surface area contributed by atoms with Gasteiger partial charge >= 0.3 is 0 Å². The predicted octanol–water partition coefficient (Wildman–Crippen LogP) is 20.1. The van der Waals surface area contributed by atoms with E-state index in [1.54, 1.807) is 6.20 Å². The number of rotatable bonds is 9. The van der Waals surface area contributed by atoms with E-state index in [1.165, 1.54) is 27.8 Å². The number of pyridine rings is 1. The number of nitrogens with zero attached hydrogens (tertiary/aromatic N) is 4. The molecule has 0 radical (unpaired) electrons. The highest BCUT2D eigenvalue weighted by Gasteiger charge is 2.33. The van der Waals surface area contributed by atoms with Crippen LogP contribution in [0.5, 0.6) is 11.5 Å². The SMILES string of the molecule is [2H]c1c([2H])c(-c2cnc(-n3c4ccccc4c4ccc(Oc5cccc(N6CN(c7c(-c8ccc(-c9ccccc9)cc8)cccc7-c7cc(C(C)(C)C)ccc7C(C)(C)C)c7ccccc76)c5)cc43)cc2C(C)(C)C)c([2H])c(C([2H])([2H])[2H])c1[2H]. The summed E-state index contributed by atoms with van der Waals surface area (Å²) in [5, 5.41) is 1.99. The summed E-state index contributed by atoms with van der Waals surface area (Å²) in [7, 11) is 0. The van der Waals surface area contributed by atoms with Crippen LogP contribution in [0.4, 0.5) is 22.7 Å². The number of fused-ring (bicyclic) bond motifs is 4. The Bertz CT molecular complexity index is 4410. The fourth-order valence-corrected chi connectivity index (χ4v) is 11.2. The van der Waals surface area contributed by atoms with E-state index in [1.807, 2.05) is 69.3 Å². The van der Waals surface area contributed by atoms with Gasteiger partial charge in [0.25, 0.3) is 0 Å². The van der Waals surface area contributed by atoms with Crippen LogP contribution in [0, 0.1) is 6.85 Å². The lowest BCUT2D eigenvalue weighted by molar-refractivity contribution is 0.483. The molecule has 0 saturated carbocycles. The van der Waals surface area contributed by atoms with E-state index in [4.69, 9.17) is 19.3 Å². The van der Waals surface area contributed by atoms with E-state index >= 15 is 0 Å². The van der Waals surface area contributed by atoms with Gasteiger partial charge in [0.15, 0.2) is 0 Å². The second kappa shape index (κ2) is 19.4. The number of ether oxygens (including phenoxy) is 1. The molecule has 0 aliphatic carbocycles. The molecule has 5 heteroatoms. The normalized spacial score (nSPS) is 14.3. The van der Waals surface area contributed by atoms with Crippen LogP contribution in [0.15, 0.2) is 218 Å². The molecule has 9 aromatic carbocycles. The highest BCUT2D eigenvalue weighted by Crippen LogP contribution is 2.52. The molecule has 0 amide bonds. The molecule has 0 spiro atoms. The van der Waals surface area contributed by atoms with E-state index in [2.05, 4.69) is 195 Å². The molecule has 2 aromatic heterocycles. The minimum absolute atomic E-state index is 0.0301. The third-order valence-corrected chi connectivity index (χ3v) is 15.2. The third-order valence-electron chi connectivity index (χ3n) is 15.2. The van der Waals surface area contributed by atoms with E-state index in [9.17, 15) is 0 Å². The monoisotopic (exact) mass is 1020 g/mol. The van der Waals surface area contributed by atoms with Crippen molar-refractivity contribution in [2.75, 3.05) is 16.5 Å². The maximum Gasteiger partial charge on any atom is 0.137 e. The van der Waals surface area contributed by atoms with Crippen molar-refractivity contribution in [3.8, 4) is 61.8 Å². The number of hydrogen-bond acceptors (Lipinski definition) is 4. The van der Waals surface area contributed by atoms with Crippen molar-refractivity contribution in [2.24, 2.45) is 0 Å². The molecule has 0 N–H and O–H groups in total. The Labute approximate surface area is 470 Å². The number of benzene rings is 9. The van der Waals surface area contributed by atoms with Crippen LogP contribution in [0.25, 0.3) is 72.1 Å². The average Bonchev–Trinajstić information content (AvgIpc) is 2.86. The highest BCUT2D eigenvalue weighted by atomic mass is 16.5. The Kier molecular flexibility index (Phi) is 10.6. The number of para-hydroxylation sites is 4. The van der Waals surface area contributed by atoms with Crippen LogP contribution in [0.1, 0.15) is 94.2 Å². The van der Waals surface area contributed by atoms with Crippen molar-refractivity contribution in [3.05, 3.63) is 241 Å². The Morgan fingerprint density at radius 3 is 1.91 bits per heavy atom. The molecule has 386 valence electrons. The molecule has 1 aliphatic heterocycles. The van der Waals surface area contributed by atoms with E-state index in [0.717, 1.165) is 61.2 Å². The molecule has 0 saturated heterocycles. The van der Waals surface area contributed by atoms with Crippen LogP contribution in [0.2, 0.25) is 0 Å². The molecule has 0 unspecified atom stereocenters. The molecule has 0 bridgehead atoms. The lowest BCUT2D eigenvalue weighted by atomic mass is 9.77. The molecule has 0 atom stereocenters. The van der Waals surface area contributed by atoms with E-state index in [0.29, 0.717) is 35.1 Å². The van der Waals surface area contributed by atoms with Crippen molar-refractivity contribution in [3.63, 3.8) is 0 Å². The maximum atomic E-state index is 9.09. The van der Waals surface area contributed by atoms with Crippen molar-refractivity contribution >= 4 is 44.6 Å². The largest absolute Gasteiger partial charge is 0.457 e. The van der Waals surface area contributed by atoms with Gasteiger partial charge in [0.1, 0.15) is 24.0 Å². The number of anilines is 4. The van der Waals surface area contributed by atoms with Crippen LogP contribution in [-0.2, 0) is 16.2 Å². The molecule has 0 fully saturated rings. The van der Waals surface area contributed by atoms with Gasteiger partial charge in [-0.25, -0.2) is 4.98 Å². The molecule has 12 rings (SSSR count). The van der Waals surface area contributed by atoms with Gasteiger partial charge in [-0.3, -0.25) is 4.57 Å². The zero-order chi connectivity index (χ0) is 60.1. The summed E-state index contributed by atoms with van der Waals surface area (Å²) < 4.78 is 68.7. The number of aromatic nitrogens is 2. The minimum atomic E-state index is -2.83. The van der Waals surface area contributed by atoms with Crippen molar-refractivity contribution < 1.29 is 14.3 Å². The van der Waals surface area contributed by atoms with Gasteiger partial charge in [0, 0.05) is 55.6 Å². The summed E-state index contributed by atoms with van der Waals surface area (Å²) in [5.74, 6) is 1.84. The maximum absolute atomic E-state index is 9.09.